The van der Waals surface area contributed by atoms with Crippen LogP contribution in [-0.2, 0) is 4.74 Å². The van der Waals surface area contributed by atoms with Crippen LogP contribution in [-0.4, -0.2) is 41.5 Å². The third kappa shape index (κ3) is 3.98. The van der Waals surface area contributed by atoms with Gasteiger partial charge in [0.1, 0.15) is 28.5 Å². The topological polar surface area (TPSA) is 145 Å². The second-order valence-electron chi connectivity index (χ2n) is 4.93. The van der Waals surface area contributed by atoms with Gasteiger partial charge in [0, 0.05) is 5.56 Å². The SMILES string of the molecule is COc1ccc(-c2c(C#N)c(N)nc(SCOCCO)c2C#N)cc1O. The number of aliphatic hydroxyl groups excluding tert-OH is 1. The number of aliphatic hydroxyl groups is 1. The minimum absolute atomic E-state index is 0.0264. The first-order chi connectivity index (χ1) is 12.6. The van der Waals surface area contributed by atoms with Crippen molar-refractivity contribution >= 4 is 17.6 Å². The Hall–Kier alpha value is -2.98. The smallest absolute Gasteiger partial charge is 0.160 e. The Morgan fingerprint density at radius 1 is 1.27 bits per heavy atom. The lowest BCUT2D eigenvalue weighted by Crippen LogP contribution is -2.04. The zero-order valence-electron chi connectivity index (χ0n) is 13.9. The molecule has 1 aromatic carbocycles. The lowest BCUT2D eigenvalue weighted by atomic mass is 9.96. The van der Waals surface area contributed by atoms with Crippen LogP contribution < -0.4 is 10.5 Å². The van der Waals surface area contributed by atoms with Crippen LogP contribution in [0.3, 0.4) is 0 Å². The van der Waals surface area contributed by atoms with Crippen LogP contribution in [0.4, 0.5) is 5.82 Å². The molecule has 26 heavy (non-hydrogen) atoms. The largest absolute Gasteiger partial charge is 0.504 e. The lowest BCUT2D eigenvalue weighted by molar-refractivity contribution is 0.125. The molecule has 0 saturated carbocycles. The van der Waals surface area contributed by atoms with Crippen molar-refractivity contribution in [1.82, 2.24) is 4.98 Å². The molecule has 0 aliphatic rings. The van der Waals surface area contributed by atoms with E-state index in [0.29, 0.717) is 10.6 Å². The first kappa shape index (κ1) is 19.3. The van der Waals surface area contributed by atoms with Crippen molar-refractivity contribution in [3.63, 3.8) is 0 Å². The summed E-state index contributed by atoms with van der Waals surface area (Å²) >= 11 is 1.12. The molecular formula is C17H16N4O4S. The van der Waals surface area contributed by atoms with Crippen LogP contribution in [0, 0.1) is 22.7 Å². The van der Waals surface area contributed by atoms with E-state index in [1.54, 1.807) is 6.07 Å². The van der Waals surface area contributed by atoms with Gasteiger partial charge in [0.25, 0.3) is 0 Å². The third-order valence-electron chi connectivity index (χ3n) is 3.40. The number of nitriles is 2. The zero-order valence-corrected chi connectivity index (χ0v) is 14.7. The number of rotatable bonds is 7. The van der Waals surface area contributed by atoms with Gasteiger partial charge in [-0.1, -0.05) is 17.8 Å². The van der Waals surface area contributed by atoms with E-state index in [1.807, 2.05) is 12.1 Å². The Morgan fingerprint density at radius 2 is 2.00 bits per heavy atom. The summed E-state index contributed by atoms with van der Waals surface area (Å²) in [5.74, 6) is 0.260. The maximum Gasteiger partial charge on any atom is 0.160 e. The summed E-state index contributed by atoms with van der Waals surface area (Å²) in [5.41, 5.74) is 6.81. The summed E-state index contributed by atoms with van der Waals surface area (Å²) in [6.45, 7) is 0.0326. The molecule has 2 aromatic rings. The van der Waals surface area contributed by atoms with Gasteiger partial charge in [-0.2, -0.15) is 10.5 Å². The summed E-state index contributed by atoms with van der Waals surface area (Å²) in [4.78, 5) is 4.12. The molecular weight excluding hydrogens is 356 g/mol. The Morgan fingerprint density at radius 3 is 2.58 bits per heavy atom. The molecule has 8 nitrogen and oxygen atoms in total. The second-order valence-corrected chi connectivity index (χ2v) is 5.84. The molecule has 0 radical (unpaired) electrons. The molecule has 0 aliphatic heterocycles. The standard InChI is InChI=1S/C17H16N4O4S/c1-24-14-3-2-10(6-13(14)23)15-11(7-18)16(20)21-17(12(15)8-19)26-9-25-5-4-22/h2-3,6,22-23H,4-5,9H2,1H3,(H2,20,21). The van der Waals surface area contributed by atoms with Crippen molar-refractivity contribution < 1.29 is 19.7 Å². The predicted octanol–water partition coefficient (Wildman–Crippen LogP) is 1.85. The highest BCUT2D eigenvalue weighted by Gasteiger charge is 2.21. The molecule has 2 rings (SSSR count). The number of benzene rings is 1. The minimum Gasteiger partial charge on any atom is -0.504 e. The number of methoxy groups -OCH3 is 1. The molecule has 0 saturated heterocycles. The minimum atomic E-state index is -0.131. The van der Waals surface area contributed by atoms with Crippen LogP contribution in [0.1, 0.15) is 11.1 Å². The maximum absolute atomic E-state index is 10.0. The van der Waals surface area contributed by atoms with Crippen LogP contribution >= 0.6 is 11.8 Å². The number of phenols is 1. The van der Waals surface area contributed by atoms with Crippen molar-refractivity contribution in [1.29, 1.82) is 10.5 Å². The monoisotopic (exact) mass is 372 g/mol. The molecule has 1 aromatic heterocycles. The van der Waals surface area contributed by atoms with E-state index in [2.05, 4.69) is 4.98 Å². The number of thioether (sulfide) groups is 1. The summed E-state index contributed by atoms with van der Waals surface area (Å²) in [7, 11) is 1.42. The number of nitrogens with zero attached hydrogens (tertiary/aromatic N) is 3. The molecule has 0 fully saturated rings. The van der Waals surface area contributed by atoms with E-state index in [4.69, 9.17) is 20.3 Å². The Bertz CT molecular complexity index is 890. The molecule has 134 valence electrons. The fourth-order valence-electron chi connectivity index (χ4n) is 2.26. The summed E-state index contributed by atoms with van der Waals surface area (Å²) in [5, 5.41) is 38.2. The van der Waals surface area contributed by atoms with E-state index >= 15 is 0 Å². The first-order valence-electron chi connectivity index (χ1n) is 7.39. The van der Waals surface area contributed by atoms with Gasteiger partial charge in [-0.05, 0) is 17.7 Å². The quantitative estimate of drug-likeness (QED) is 0.376. The number of pyridine rings is 1. The number of aromatic hydroxyl groups is 1. The van der Waals surface area contributed by atoms with Gasteiger partial charge in [-0.25, -0.2) is 4.98 Å². The van der Waals surface area contributed by atoms with Crippen LogP contribution in [0.2, 0.25) is 0 Å². The second kappa shape index (κ2) is 8.92. The van der Waals surface area contributed by atoms with E-state index < -0.39 is 0 Å². The highest BCUT2D eigenvalue weighted by Crippen LogP contribution is 2.38. The van der Waals surface area contributed by atoms with E-state index in [9.17, 15) is 15.6 Å². The molecule has 4 N–H and O–H groups in total. The predicted molar refractivity (Wildman–Crippen MR) is 95.5 cm³/mol. The van der Waals surface area contributed by atoms with Crippen molar-refractivity contribution in [3.8, 4) is 34.8 Å². The van der Waals surface area contributed by atoms with Crippen molar-refractivity contribution in [2.24, 2.45) is 0 Å². The molecule has 0 amide bonds. The van der Waals surface area contributed by atoms with Gasteiger partial charge in [-0.3, -0.25) is 0 Å². The number of hydrogen-bond acceptors (Lipinski definition) is 9. The number of nitrogen functional groups attached to an aromatic ring is 1. The van der Waals surface area contributed by atoms with Gasteiger partial charge in [0.2, 0.25) is 0 Å². The van der Waals surface area contributed by atoms with E-state index in [-0.39, 0.29) is 53.2 Å². The highest BCUT2D eigenvalue weighted by molar-refractivity contribution is 7.99. The number of ether oxygens (including phenoxy) is 2. The number of hydrogen-bond donors (Lipinski definition) is 3. The first-order valence-corrected chi connectivity index (χ1v) is 8.38. The molecule has 0 unspecified atom stereocenters. The molecule has 0 spiro atoms. The molecule has 9 heteroatoms. The van der Waals surface area contributed by atoms with Crippen LogP contribution in [0.5, 0.6) is 11.5 Å². The third-order valence-corrected chi connectivity index (χ3v) is 4.25. The number of phenolic OH excluding ortho intramolecular Hbond substituents is 1. The lowest BCUT2D eigenvalue weighted by Gasteiger charge is -2.14. The van der Waals surface area contributed by atoms with Crippen LogP contribution in [0.15, 0.2) is 23.2 Å². The molecule has 1 heterocycles. The molecule has 0 aliphatic carbocycles. The van der Waals surface area contributed by atoms with Crippen molar-refractivity contribution in [2.45, 2.75) is 5.03 Å². The van der Waals surface area contributed by atoms with E-state index in [1.165, 1.54) is 19.2 Å². The Balaban J connectivity index is 2.59. The Kier molecular flexibility index (Phi) is 6.64. The fraction of sp³-hybridized carbons (Fsp3) is 0.235. The summed E-state index contributed by atoms with van der Waals surface area (Å²) in [6.07, 6.45) is 0. The Labute approximate surface area is 154 Å². The van der Waals surface area contributed by atoms with Crippen LogP contribution in [0.25, 0.3) is 11.1 Å². The molecule has 0 bridgehead atoms. The van der Waals surface area contributed by atoms with Gasteiger partial charge in [-0.15, -0.1) is 0 Å². The van der Waals surface area contributed by atoms with E-state index in [0.717, 1.165) is 11.8 Å². The van der Waals surface area contributed by atoms with Gasteiger partial charge >= 0.3 is 0 Å². The van der Waals surface area contributed by atoms with Crippen molar-refractivity contribution in [2.75, 3.05) is 32.0 Å². The van der Waals surface area contributed by atoms with Crippen molar-refractivity contribution in [3.05, 3.63) is 29.3 Å². The number of aromatic nitrogens is 1. The number of anilines is 1. The van der Waals surface area contributed by atoms with Gasteiger partial charge in [0.15, 0.2) is 11.5 Å². The summed E-state index contributed by atoms with van der Waals surface area (Å²) in [6, 6.07) is 8.55. The maximum atomic E-state index is 10.0. The number of nitrogens with two attached hydrogens (primary N) is 1. The normalized spacial score (nSPS) is 10.2. The average molecular weight is 372 g/mol. The summed E-state index contributed by atoms with van der Waals surface area (Å²) < 4.78 is 10.2. The van der Waals surface area contributed by atoms with Gasteiger partial charge in [0.05, 0.1) is 31.8 Å². The average Bonchev–Trinajstić information content (AvgIpc) is 2.64. The molecule has 0 atom stereocenters. The fourth-order valence-corrected chi connectivity index (χ4v) is 3.03. The van der Waals surface area contributed by atoms with Gasteiger partial charge < -0.3 is 25.4 Å². The highest BCUT2D eigenvalue weighted by atomic mass is 32.2. The zero-order chi connectivity index (χ0) is 19.1.